The Bertz CT molecular complexity index is 223. The van der Waals surface area contributed by atoms with Crippen LogP contribution in [0.4, 0.5) is 0 Å². The summed E-state index contributed by atoms with van der Waals surface area (Å²) in [6.45, 7) is 11.0. The van der Waals surface area contributed by atoms with Crippen molar-refractivity contribution >= 4 is 0 Å². The Balaban J connectivity index is 1.61. The van der Waals surface area contributed by atoms with Crippen molar-refractivity contribution in [2.45, 2.75) is 65.0 Å². The lowest BCUT2D eigenvalue weighted by atomic mass is 10.0. The van der Waals surface area contributed by atoms with Crippen molar-refractivity contribution in [3.05, 3.63) is 0 Å². The van der Waals surface area contributed by atoms with Crippen LogP contribution in [0, 0.1) is 11.8 Å². The van der Waals surface area contributed by atoms with E-state index in [0.29, 0.717) is 0 Å². The van der Waals surface area contributed by atoms with E-state index >= 15 is 0 Å². The highest BCUT2D eigenvalue weighted by Crippen LogP contribution is 2.23. The Morgan fingerprint density at radius 2 is 1.88 bits per heavy atom. The number of nitrogens with one attached hydrogen (secondary N) is 1. The van der Waals surface area contributed by atoms with E-state index in [1.807, 2.05) is 0 Å². The zero-order chi connectivity index (χ0) is 12.3. The van der Waals surface area contributed by atoms with Gasteiger partial charge in [0.05, 0.1) is 0 Å². The number of hydrogen-bond acceptors (Lipinski definition) is 2. The summed E-state index contributed by atoms with van der Waals surface area (Å²) in [6, 6.07) is 1.67. The van der Waals surface area contributed by atoms with E-state index in [-0.39, 0.29) is 0 Å². The fourth-order valence-corrected chi connectivity index (χ4v) is 2.81. The first-order chi connectivity index (χ1) is 8.15. The van der Waals surface area contributed by atoms with Crippen molar-refractivity contribution in [2.75, 3.05) is 19.6 Å². The van der Waals surface area contributed by atoms with Crippen LogP contribution in [0.25, 0.3) is 0 Å². The molecule has 2 atom stereocenters. The molecule has 0 aromatic heterocycles. The number of rotatable bonds is 7. The maximum atomic E-state index is 3.68. The number of likely N-dealkylation sites (tertiary alicyclic amines) is 1. The zero-order valence-corrected chi connectivity index (χ0v) is 11.9. The van der Waals surface area contributed by atoms with Gasteiger partial charge in [-0.25, -0.2) is 0 Å². The summed E-state index contributed by atoms with van der Waals surface area (Å²) in [5.74, 6) is 1.77. The van der Waals surface area contributed by atoms with Crippen LogP contribution < -0.4 is 5.32 Å². The maximum absolute atomic E-state index is 3.68. The first-order valence-corrected chi connectivity index (χ1v) is 7.62. The second-order valence-corrected chi connectivity index (χ2v) is 6.65. The van der Waals surface area contributed by atoms with Gasteiger partial charge in [0.25, 0.3) is 0 Å². The minimum atomic E-state index is 0.795. The number of hydrogen-bond donors (Lipinski definition) is 1. The van der Waals surface area contributed by atoms with Gasteiger partial charge in [0.2, 0.25) is 0 Å². The summed E-state index contributed by atoms with van der Waals surface area (Å²) < 4.78 is 0. The van der Waals surface area contributed by atoms with Crippen LogP contribution in [-0.4, -0.2) is 36.6 Å². The van der Waals surface area contributed by atoms with Crippen molar-refractivity contribution in [2.24, 2.45) is 11.8 Å². The molecule has 2 rings (SSSR count). The molecule has 1 aliphatic heterocycles. The Labute approximate surface area is 107 Å². The summed E-state index contributed by atoms with van der Waals surface area (Å²) in [5.41, 5.74) is 0. The topological polar surface area (TPSA) is 15.3 Å². The minimum absolute atomic E-state index is 0.795. The Kier molecular flexibility index (Phi) is 4.87. The summed E-state index contributed by atoms with van der Waals surface area (Å²) in [7, 11) is 0. The fraction of sp³-hybridized carbons (Fsp3) is 1.00. The van der Waals surface area contributed by atoms with Gasteiger partial charge in [0.15, 0.2) is 0 Å². The lowest BCUT2D eigenvalue weighted by Gasteiger charge is -2.25. The van der Waals surface area contributed by atoms with E-state index in [1.165, 1.54) is 51.7 Å². The third-order valence-corrected chi connectivity index (χ3v) is 4.37. The third-order valence-electron chi connectivity index (χ3n) is 4.37. The molecular formula is C15H30N2. The lowest BCUT2D eigenvalue weighted by molar-refractivity contribution is 0.228. The second-order valence-electron chi connectivity index (χ2n) is 6.65. The molecule has 2 fully saturated rings. The van der Waals surface area contributed by atoms with Crippen molar-refractivity contribution in [3.8, 4) is 0 Å². The first kappa shape index (κ1) is 13.4. The van der Waals surface area contributed by atoms with Gasteiger partial charge in [0.1, 0.15) is 0 Å². The van der Waals surface area contributed by atoms with Crippen molar-refractivity contribution in [3.63, 3.8) is 0 Å². The highest BCUT2D eigenvalue weighted by atomic mass is 15.2. The average molecular weight is 238 g/mol. The molecule has 100 valence electrons. The molecule has 1 aliphatic carbocycles. The van der Waals surface area contributed by atoms with Crippen LogP contribution in [0.2, 0.25) is 0 Å². The van der Waals surface area contributed by atoms with E-state index in [2.05, 4.69) is 31.0 Å². The van der Waals surface area contributed by atoms with Crippen LogP contribution in [0.5, 0.6) is 0 Å². The van der Waals surface area contributed by atoms with Gasteiger partial charge in [-0.15, -0.1) is 0 Å². The number of nitrogens with zero attached hydrogens (tertiary/aromatic N) is 1. The molecule has 0 radical (unpaired) electrons. The minimum Gasteiger partial charge on any atom is -0.314 e. The van der Waals surface area contributed by atoms with Gasteiger partial charge < -0.3 is 10.2 Å². The van der Waals surface area contributed by atoms with Gasteiger partial charge in [-0.1, -0.05) is 13.8 Å². The molecule has 2 aliphatic rings. The second kappa shape index (κ2) is 6.19. The molecular weight excluding hydrogens is 208 g/mol. The van der Waals surface area contributed by atoms with Crippen LogP contribution >= 0.6 is 0 Å². The summed E-state index contributed by atoms with van der Waals surface area (Å²) in [5, 5.41) is 3.68. The molecule has 0 amide bonds. The molecule has 1 saturated heterocycles. The van der Waals surface area contributed by atoms with E-state index < -0.39 is 0 Å². The van der Waals surface area contributed by atoms with Crippen molar-refractivity contribution < 1.29 is 0 Å². The van der Waals surface area contributed by atoms with Crippen LogP contribution in [0.15, 0.2) is 0 Å². The van der Waals surface area contributed by atoms with Crippen molar-refractivity contribution in [1.82, 2.24) is 10.2 Å². The van der Waals surface area contributed by atoms with E-state index in [1.54, 1.807) is 0 Å². The van der Waals surface area contributed by atoms with Gasteiger partial charge >= 0.3 is 0 Å². The smallest absolute Gasteiger partial charge is 0.00683 e. The zero-order valence-electron chi connectivity index (χ0n) is 11.9. The summed E-state index contributed by atoms with van der Waals surface area (Å²) >= 11 is 0. The SMILES string of the molecule is CC(C)CCC(C)N1CCC(CNC2CC2)C1. The Morgan fingerprint density at radius 1 is 1.12 bits per heavy atom. The summed E-state index contributed by atoms with van der Waals surface area (Å²) in [4.78, 5) is 2.71. The van der Waals surface area contributed by atoms with Gasteiger partial charge in [-0.3, -0.25) is 0 Å². The molecule has 0 spiro atoms. The standard InChI is InChI=1S/C15H30N2/c1-12(2)4-5-13(3)17-9-8-14(11-17)10-16-15-6-7-15/h12-16H,4-11H2,1-3H3. The summed E-state index contributed by atoms with van der Waals surface area (Å²) in [6.07, 6.45) is 7.00. The highest BCUT2D eigenvalue weighted by Gasteiger charge is 2.28. The molecule has 1 N–H and O–H groups in total. The normalized spacial score (nSPS) is 27.9. The third kappa shape index (κ3) is 4.59. The van der Waals surface area contributed by atoms with Crippen LogP contribution in [0.3, 0.4) is 0 Å². The largest absolute Gasteiger partial charge is 0.314 e. The molecule has 0 aromatic carbocycles. The van der Waals surface area contributed by atoms with E-state index in [9.17, 15) is 0 Å². The molecule has 0 aromatic rings. The van der Waals surface area contributed by atoms with E-state index in [4.69, 9.17) is 0 Å². The fourth-order valence-electron chi connectivity index (χ4n) is 2.81. The monoisotopic (exact) mass is 238 g/mol. The molecule has 2 heteroatoms. The molecule has 1 saturated carbocycles. The van der Waals surface area contributed by atoms with Gasteiger partial charge in [0, 0.05) is 18.6 Å². The molecule has 2 unspecified atom stereocenters. The Hall–Kier alpha value is -0.0800. The highest BCUT2D eigenvalue weighted by molar-refractivity contribution is 4.85. The van der Waals surface area contributed by atoms with Crippen LogP contribution in [-0.2, 0) is 0 Å². The Morgan fingerprint density at radius 3 is 2.53 bits per heavy atom. The molecule has 17 heavy (non-hydrogen) atoms. The van der Waals surface area contributed by atoms with Gasteiger partial charge in [-0.05, 0) is 64.0 Å². The molecule has 1 heterocycles. The maximum Gasteiger partial charge on any atom is 0.00683 e. The van der Waals surface area contributed by atoms with E-state index in [0.717, 1.165) is 23.9 Å². The molecule has 0 bridgehead atoms. The molecule has 2 nitrogen and oxygen atoms in total. The van der Waals surface area contributed by atoms with Gasteiger partial charge in [-0.2, -0.15) is 0 Å². The first-order valence-electron chi connectivity index (χ1n) is 7.62. The average Bonchev–Trinajstić information content (AvgIpc) is 3.00. The quantitative estimate of drug-likeness (QED) is 0.733. The predicted molar refractivity (Wildman–Crippen MR) is 74.2 cm³/mol. The lowest BCUT2D eigenvalue weighted by Crippen LogP contribution is -2.33. The predicted octanol–water partition coefficient (Wildman–Crippen LogP) is 2.89. The van der Waals surface area contributed by atoms with Crippen LogP contribution in [0.1, 0.15) is 52.9 Å². The van der Waals surface area contributed by atoms with Crippen molar-refractivity contribution in [1.29, 1.82) is 0 Å².